The fraction of sp³-hybridized carbons (Fsp3) is 0.200. The fourth-order valence-corrected chi connectivity index (χ4v) is 1.38. The normalized spacial score (nSPS) is 10.6. The Morgan fingerprint density at radius 2 is 2.23 bits per heavy atom. The minimum absolute atomic E-state index is 0.0387. The van der Waals surface area contributed by atoms with Crippen LogP contribution in [0.5, 0.6) is 5.75 Å². The first-order valence-electron chi connectivity index (χ1n) is 4.10. The van der Waals surface area contributed by atoms with Crippen molar-refractivity contribution in [2.75, 3.05) is 7.11 Å². The van der Waals surface area contributed by atoms with Gasteiger partial charge in [0.15, 0.2) is 0 Å². The molecule has 0 unspecified atom stereocenters. The fourth-order valence-electron chi connectivity index (χ4n) is 1.38. The first kappa shape index (κ1) is 8.13. The first-order valence-corrected chi connectivity index (χ1v) is 4.10. The van der Waals surface area contributed by atoms with Crippen LogP contribution in [-0.2, 0) is 6.61 Å². The van der Waals surface area contributed by atoms with Gasteiger partial charge in [0, 0.05) is 16.6 Å². The summed E-state index contributed by atoms with van der Waals surface area (Å²) in [6.07, 6.45) is 0. The third-order valence-electron chi connectivity index (χ3n) is 2.05. The maximum Gasteiger partial charge on any atom is 0.119 e. The van der Waals surface area contributed by atoms with Crippen LogP contribution in [0.3, 0.4) is 0 Å². The molecule has 1 aromatic carbocycles. The summed E-state index contributed by atoms with van der Waals surface area (Å²) < 4.78 is 5.09. The highest BCUT2D eigenvalue weighted by molar-refractivity contribution is 5.81. The molecule has 0 spiro atoms. The lowest BCUT2D eigenvalue weighted by atomic mass is 10.2. The summed E-state index contributed by atoms with van der Waals surface area (Å²) in [5.74, 6) is 0.830. The van der Waals surface area contributed by atoms with Crippen LogP contribution < -0.4 is 4.74 Å². The number of methoxy groups -OCH3 is 1. The van der Waals surface area contributed by atoms with Crippen molar-refractivity contribution in [2.24, 2.45) is 0 Å². The Bertz CT molecular complexity index is 418. The van der Waals surface area contributed by atoms with Crippen molar-refractivity contribution in [1.82, 2.24) is 4.98 Å². The number of benzene rings is 1. The highest BCUT2D eigenvalue weighted by atomic mass is 16.5. The monoisotopic (exact) mass is 177 g/mol. The lowest BCUT2D eigenvalue weighted by Gasteiger charge is -1.97. The molecule has 3 nitrogen and oxygen atoms in total. The van der Waals surface area contributed by atoms with Gasteiger partial charge in [-0.2, -0.15) is 0 Å². The highest BCUT2D eigenvalue weighted by Crippen LogP contribution is 2.21. The van der Waals surface area contributed by atoms with Crippen molar-refractivity contribution in [3.8, 4) is 5.75 Å². The van der Waals surface area contributed by atoms with E-state index in [0.717, 1.165) is 22.3 Å². The number of aliphatic hydroxyl groups is 1. The number of ether oxygens (including phenoxy) is 1. The zero-order valence-corrected chi connectivity index (χ0v) is 7.37. The van der Waals surface area contributed by atoms with E-state index >= 15 is 0 Å². The molecule has 1 heterocycles. The van der Waals surface area contributed by atoms with Gasteiger partial charge in [0.1, 0.15) is 5.75 Å². The minimum Gasteiger partial charge on any atom is -0.497 e. The molecular weight excluding hydrogens is 166 g/mol. The van der Waals surface area contributed by atoms with E-state index in [9.17, 15) is 0 Å². The number of nitrogens with one attached hydrogen (secondary N) is 1. The summed E-state index contributed by atoms with van der Waals surface area (Å²) in [5, 5.41) is 9.96. The topological polar surface area (TPSA) is 45.2 Å². The number of aromatic nitrogens is 1. The molecule has 13 heavy (non-hydrogen) atoms. The summed E-state index contributed by atoms with van der Waals surface area (Å²) in [7, 11) is 1.64. The quantitative estimate of drug-likeness (QED) is 0.732. The van der Waals surface area contributed by atoms with Crippen molar-refractivity contribution in [1.29, 1.82) is 0 Å². The average molecular weight is 177 g/mol. The summed E-state index contributed by atoms with van der Waals surface area (Å²) >= 11 is 0. The Hall–Kier alpha value is -1.48. The Kier molecular flexibility index (Phi) is 1.94. The van der Waals surface area contributed by atoms with Gasteiger partial charge in [0.25, 0.3) is 0 Å². The highest BCUT2D eigenvalue weighted by Gasteiger charge is 2.00. The summed E-state index contributed by atoms with van der Waals surface area (Å²) in [5.41, 5.74) is 1.84. The van der Waals surface area contributed by atoms with Gasteiger partial charge in [0.05, 0.1) is 13.7 Å². The summed E-state index contributed by atoms with van der Waals surface area (Å²) in [4.78, 5) is 3.09. The van der Waals surface area contributed by atoms with E-state index in [1.54, 1.807) is 7.11 Å². The van der Waals surface area contributed by atoms with E-state index in [1.807, 2.05) is 24.3 Å². The lowest BCUT2D eigenvalue weighted by Crippen LogP contribution is -1.80. The first-order chi connectivity index (χ1) is 6.33. The number of H-pyrrole nitrogens is 1. The molecule has 0 aliphatic carbocycles. The maximum absolute atomic E-state index is 8.90. The second-order valence-electron chi connectivity index (χ2n) is 2.91. The van der Waals surface area contributed by atoms with Crippen molar-refractivity contribution >= 4 is 10.9 Å². The predicted molar refractivity (Wildman–Crippen MR) is 50.8 cm³/mol. The third kappa shape index (κ3) is 1.38. The van der Waals surface area contributed by atoms with Crippen LogP contribution in [0.4, 0.5) is 0 Å². The Morgan fingerprint density at radius 3 is 2.92 bits per heavy atom. The van der Waals surface area contributed by atoms with Gasteiger partial charge in [-0.15, -0.1) is 0 Å². The smallest absolute Gasteiger partial charge is 0.119 e. The molecular formula is C10H11NO2. The number of hydrogen-bond donors (Lipinski definition) is 2. The second-order valence-corrected chi connectivity index (χ2v) is 2.91. The molecule has 2 rings (SSSR count). The summed E-state index contributed by atoms with van der Waals surface area (Å²) in [6, 6.07) is 7.68. The predicted octanol–water partition coefficient (Wildman–Crippen LogP) is 1.67. The van der Waals surface area contributed by atoms with Gasteiger partial charge in [0.2, 0.25) is 0 Å². The van der Waals surface area contributed by atoms with E-state index < -0.39 is 0 Å². The van der Waals surface area contributed by atoms with Crippen LogP contribution in [0.25, 0.3) is 10.9 Å². The van der Waals surface area contributed by atoms with Gasteiger partial charge in [-0.3, -0.25) is 0 Å². The van der Waals surface area contributed by atoms with Crippen LogP contribution in [0.1, 0.15) is 5.69 Å². The molecule has 0 saturated heterocycles. The van der Waals surface area contributed by atoms with E-state index in [0.29, 0.717) is 0 Å². The molecule has 0 aliphatic rings. The number of aromatic amines is 1. The average Bonchev–Trinajstić information content (AvgIpc) is 2.58. The van der Waals surface area contributed by atoms with Gasteiger partial charge in [-0.05, 0) is 24.3 Å². The van der Waals surface area contributed by atoms with Crippen molar-refractivity contribution < 1.29 is 9.84 Å². The van der Waals surface area contributed by atoms with E-state index in [4.69, 9.17) is 9.84 Å². The molecule has 2 aromatic rings. The van der Waals surface area contributed by atoms with Crippen molar-refractivity contribution in [3.05, 3.63) is 30.0 Å². The molecule has 0 atom stereocenters. The van der Waals surface area contributed by atoms with Crippen molar-refractivity contribution in [2.45, 2.75) is 6.61 Å². The standard InChI is InChI=1S/C10H11NO2/c1-13-9-2-3-10-7(5-9)4-8(6-12)11-10/h2-5,11-12H,6H2,1H3. The zero-order valence-electron chi connectivity index (χ0n) is 7.37. The Balaban J connectivity index is 2.57. The van der Waals surface area contributed by atoms with Crippen LogP contribution in [0.2, 0.25) is 0 Å². The zero-order chi connectivity index (χ0) is 9.26. The third-order valence-corrected chi connectivity index (χ3v) is 2.05. The molecule has 1 aromatic heterocycles. The number of rotatable bonds is 2. The molecule has 2 N–H and O–H groups in total. The molecule has 0 radical (unpaired) electrons. The van der Waals surface area contributed by atoms with Crippen LogP contribution in [0, 0.1) is 0 Å². The van der Waals surface area contributed by atoms with Crippen molar-refractivity contribution in [3.63, 3.8) is 0 Å². The van der Waals surface area contributed by atoms with Crippen LogP contribution in [-0.4, -0.2) is 17.2 Å². The van der Waals surface area contributed by atoms with Gasteiger partial charge in [-0.1, -0.05) is 0 Å². The second kappa shape index (κ2) is 3.11. The van der Waals surface area contributed by atoms with Crippen LogP contribution in [0.15, 0.2) is 24.3 Å². The molecule has 0 saturated carbocycles. The van der Waals surface area contributed by atoms with E-state index in [-0.39, 0.29) is 6.61 Å². The molecule has 0 amide bonds. The van der Waals surface area contributed by atoms with Gasteiger partial charge in [-0.25, -0.2) is 0 Å². The molecule has 0 aliphatic heterocycles. The number of hydrogen-bond acceptors (Lipinski definition) is 2. The van der Waals surface area contributed by atoms with Crippen LogP contribution >= 0.6 is 0 Å². The van der Waals surface area contributed by atoms with Gasteiger partial charge >= 0.3 is 0 Å². The Labute approximate surface area is 76.0 Å². The minimum atomic E-state index is 0.0387. The lowest BCUT2D eigenvalue weighted by molar-refractivity contribution is 0.278. The van der Waals surface area contributed by atoms with E-state index in [1.165, 1.54) is 0 Å². The molecule has 68 valence electrons. The molecule has 0 fully saturated rings. The summed E-state index contributed by atoms with van der Waals surface area (Å²) in [6.45, 7) is 0.0387. The molecule has 0 bridgehead atoms. The number of fused-ring (bicyclic) bond motifs is 1. The SMILES string of the molecule is COc1ccc2[nH]c(CO)cc2c1. The largest absolute Gasteiger partial charge is 0.497 e. The van der Waals surface area contributed by atoms with E-state index in [2.05, 4.69) is 4.98 Å². The Morgan fingerprint density at radius 1 is 1.38 bits per heavy atom. The molecule has 3 heteroatoms. The van der Waals surface area contributed by atoms with Gasteiger partial charge < -0.3 is 14.8 Å². The number of aliphatic hydroxyl groups excluding tert-OH is 1. The maximum atomic E-state index is 8.90.